The van der Waals surface area contributed by atoms with Crippen LogP contribution in [-0.2, 0) is 6.54 Å². The maximum absolute atomic E-state index is 11.3. The van der Waals surface area contributed by atoms with E-state index < -0.39 is 5.97 Å². The highest BCUT2D eigenvalue weighted by Gasteiger charge is 2.43. The molecule has 3 aromatic rings. The van der Waals surface area contributed by atoms with E-state index in [1.807, 2.05) is 23.9 Å². The molecule has 0 bridgehead atoms. The maximum atomic E-state index is 11.3. The summed E-state index contributed by atoms with van der Waals surface area (Å²) < 4.78 is 1.96. The number of hydrogen-bond donors (Lipinski definition) is 2. The first-order valence-electron chi connectivity index (χ1n) is 7.77. The zero-order chi connectivity index (χ0) is 16.7. The normalized spacial score (nSPS) is 15.5. The average Bonchev–Trinajstić information content (AvgIpc) is 2.96. The summed E-state index contributed by atoms with van der Waals surface area (Å²) in [4.78, 5) is 20.9. The van der Waals surface area contributed by atoms with Crippen LogP contribution in [0.5, 0.6) is 0 Å². The molecule has 0 spiro atoms. The SMILES string of the molecule is Cc1c(C(=O)O)sc2ncnc(NCC3(Cn4cccn4)CC3)c12. The molecule has 0 amide bonds. The summed E-state index contributed by atoms with van der Waals surface area (Å²) in [6, 6.07) is 1.93. The van der Waals surface area contributed by atoms with E-state index in [0.717, 1.165) is 36.9 Å². The van der Waals surface area contributed by atoms with Crippen molar-refractivity contribution in [2.75, 3.05) is 11.9 Å². The van der Waals surface area contributed by atoms with Crippen LogP contribution in [-0.4, -0.2) is 37.4 Å². The van der Waals surface area contributed by atoms with Crippen molar-refractivity contribution in [2.45, 2.75) is 26.3 Å². The van der Waals surface area contributed by atoms with Crippen LogP contribution >= 0.6 is 11.3 Å². The van der Waals surface area contributed by atoms with E-state index in [0.29, 0.717) is 15.5 Å². The fraction of sp³-hybridized carbons (Fsp3) is 0.375. The quantitative estimate of drug-likeness (QED) is 0.715. The van der Waals surface area contributed by atoms with Crippen LogP contribution in [0.4, 0.5) is 5.82 Å². The Labute approximate surface area is 142 Å². The Morgan fingerprint density at radius 1 is 1.46 bits per heavy atom. The summed E-state index contributed by atoms with van der Waals surface area (Å²) in [6.45, 7) is 3.48. The minimum atomic E-state index is -0.918. The molecule has 3 heterocycles. The molecule has 0 aromatic carbocycles. The number of hydrogen-bond acceptors (Lipinski definition) is 6. The number of anilines is 1. The van der Waals surface area contributed by atoms with Crippen LogP contribution in [0.1, 0.15) is 28.1 Å². The summed E-state index contributed by atoms with van der Waals surface area (Å²) in [7, 11) is 0. The van der Waals surface area contributed by atoms with E-state index in [9.17, 15) is 9.90 Å². The van der Waals surface area contributed by atoms with Crippen molar-refractivity contribution in [3.63, 3.8) is 0 Å². The number of rotatable bonds is 6. The van der Waals surface area contributed by atoms with Crippen molar-refractivity contribution in [2.24, 2.45) is 5.41 Å². The number of thiophene rings is 1. The number of carboxylic acids is 1. The molecule has 0 radical (unpaired) electrons. The van der Waals surface area contributed by atoms with Gasteiger partial charge in [-0.05, 0) is 31.4 Å². The predicted octanol–water partition coefficient (Wildman–Crippen LogP) is 2.79. The third-order valence-electron chi connectivity index (χ3n) is 4.57. The summed E-state index contributed by atoms with van der Waals surface area (Å²) in [5.41, 5.74) is 0.922. The van der Waals surface area contributed by atoms with Gasteiger partial charge in [-0.25, -0.2) is 14.8 Å². The third-order valence-corrected chi connectivity index (χ3v) is 5.75. The van der Waals surface area contributed by atoms with Gasteiger partial charge in [-0.1, -0.05) is 0 Å². The van der Waals surface area contributed by atoms with Gasteiger partial charge in [-0.3, -0.25) is 4.68 Å². The molecule has 0 atom stereocenters. The largest absolute Gasteiger partial charge is 0.477 e. The Kier molecular flexibility index (Phi) is 3.49. The lowest BCUT2D eigenvalue weighted by molar-refractivity contribution is 0.0701. The van der Waals surface area contributed by atoms with E-state index in [1.165, 1.54) is 17.7 Å². The van der Waals surface area contributed by atoms with E-state index >= 15 is 0 Å². The van der Waals surface area contributed by atoms with Crippen LogP contribution in [0.3, 0.4) is 0 Å². The van der Waals surface area contributed by atoms with Crippen LogP contribution in [0.2, 0.25) is 0 Å². The van der Waals surface area contributed by atoms with Crippen LogP contribution in [0.15, 0.2) is 24.8 Å². The number of aryl methyl sites for hydroxylation is 1. The third kappa shape index (κ3) is 2.62. The average molecular weight is 343 g/mol. The van der Waals surface area contributed by atoms with Gasteiger partial charge in [-0.15, -0.1) is 11.3 Å². The highest BCUT2D eigenvalue weighted by atomic mass is 32.1. The van der Waals surface area contributed by atoms with Crippen molar-refractivity contribution in [3.8, 4) is 0 Å². The number of nitrogens with one attached hydrogen (secondary N) is 1. The molecule has 8 heteroatoms. The first-order valence-corrected chi connectivity index (χ1v) is 8.58. The Morgan fingerprint density at radius 2 is 2.29 bits per heavy atom. The van der Waals surface area contributed by atoms with Gasteiger partial charge in [0.1, 0.15) is 21.9 Å². The van der Waals surface area contributed by atoms with E-state index in [-0.39, 0.29) is 5.41 Å². The molecule has 1 aliphatic carbocycles. The maximum Gasteiger partial charge on any atom is 0.346 e. The highest BCUT2D eigenvalue weighted by Crippen LogP contribution is 2.47. The van der Waals surface area contributed by atoms with Gasteiger partial charge in [0.15, 0.2) is 0 Å². The second kappa shape index (κ2) is 5.55. The lowest BCUT2D eigenvalue weighted by Crippen LogP contribution is -2.22. The molecule has 7 nitrogen and oxygen atoms in total. The highest BCUT2D eigenvalue weighted by molar-refractivity contribution is 7.20. The number of aromatic carboxylic acids is 1. The van der Waals surface area contributed by atoms with Gasteiger partial charge in [0.25, 0.3) is 0 Å². The van der Waals surface area contributed by atoms with Gasteiger partial charge in [0.05, 0.1) is 5.39 Å². The molecular weight excluding hydrogens is 326 g/mol. The zero-order valence-corrected chi connectivity index (χ0v) is 14.0. The number of fused-ring (bicyclic) bond motifs is 1. The lowest BCUT2D eigenvalue weighted by Gasteiger charge is -2.17. The molecule has 124 valence electrons. The summed E-state index contributed by atoms with van der Waals surface area (Å²) >= 11 is 1.19. The van der Waals surface area contributed by atoms with Gasteiger partial charge >= 0.3 is 5.97 Å². The number of carbonyl (C=O) groups is 1. The molecule has 0 saturated heterocycles. The molecule has 2 N–H and O–H groups in total. The molecular formula is C16H17N5O2S. The predicted molar refractivity (Wildman–Crippen MR) is 91.5 cm³/mol. The van der Waals surface area contributed by atoms with Gasteiger partial charge < -0.3 is 10.4 Å². The molecule has 3 aromatic heterocycles. The standard InChI is InChI=1S/C16H17N5O2S/c1-10-11-13(18-9-19-14(11)24-12(10)15(22)23)17-7-16(3-4-16)8-21-6-2-5-20-21/h2,5-6,9H,3-4,7-8H2,1H3,(H,22,23)(H,17,18,19). The second-order valence-electron chi connectivity index (χ2n) is 6.32. The Morgan fingerprint density at radius 3 is 2.96 bits per heavy atom. The number of nitrogens with zero attached hydrogens (tertiary/aromatic N) is 4. The van der Waals surface area contributed by atoms with E-state index in [1.54, 1.807) is 6.20 Å². The molecule has 0 aliphatic heterocycles. The smallest absolute Gasteiger partial charge is 0.346 e. The molecule has 0 unspecified atom stereocenters. The summed E-state index contributed by atoms with van der Waals surface area (Å²) in [5, 5.41) is 17.8. The second-order valence-corrected chi connectivity index (χ2v) is 7.32. The number of aromatic nitrogens is 4. The fourth-order valence-corrected chi connectivity index (χ4v) is 3.97. The zero-order valence-electron chi connectivity index (χ0n) is 13.2. The molecule has 1 saturated carbocycles. The Hall–Kier alpha value is -2.48. The van der Waals surface area contributed by atoms with Gasteiger partial charge in [0, 0.05) is 30.9 Å². The molecule has 24 heavy (non-hydrogen) atoms. The van der Waals surface area contributed by atoms with Crippen LogP contribution in [0.25, 0.3) is 10.2 Å². The first kappa shape index (κ1) is 15.1. The van der Waals surface area contributed by atoms with Gasteiger partial charge in [0.2, 0.25) is 0 Å². The molecule has 4 rings (SSSR count). The Bertz CT molecular complexity index is 899. The van der Waals surface area contributed by atoms with Crippen molar-refractivity contribution >= 4 is 33.3 Å². The van der Waals surface area contributed by atoms with Crippen molar-refractivity contribution in [3.05, 3.63) is 35.2 Å². The van der Waals surface area contributed by atoms with Crippen LogP contribution in [0, 0.1) is 12.3 Å². The monoisotopic (exact) mass is 343 g/mol. The fourth-order valence-electron chi connectivity index (χ4n) is 2.99. The van der Waals surface area contributed by atoms with Crippen LogP contribution < -0.4 is 5.32 Å². The van der Waals surface area contributed by atoms with Crippen molar-refractivity contribution in [1.82, 2.24) is 19.7 Å². The van der Waals surface area contributed by atoms with E-state index in [2.05, 4.69) is 20.4 Å². The first-order chi connectivity index (χ1) is 11.6. The minimum Gasteiger partial charge on any atom is -0.477 e. The van der Waals surface area contributed by atoms with Crippen molar-refractivity contribution < 1.29 is 9.90 Å². The molecule has 1 fully saturated rings. The lowest BCUT2D eigenvalue weighted by atomic mass is 10.1. The number of carboxylic acid groups (broad SMARTS) is 1. The summed E-state index contributed by atoms with van der Waals surface area (Å²) in [6.07, 6.45) is 7.55. The minimum absolute atomic E-state index is 0.197. The van der Waals surface area contributed by atoms with E-state index in [4.69, 9.17) is 0 Å². The topological polar surface area (TPSA) is 92.9 Å². The summed E-state index contributed by atoms with van der Waals surface area (Å²) in [5.74, 6) is -0.202. The Balaban J connectivity index is 1.58. The van der Waals surface area contributed by atoms with Crippen molar-refractivity contribution in [1.29, 1.82) is 0 Å². The van der Waals surface area contributed by atoms with Gasteiger partial charge in [-0.2, -0.15) is 5.10 Å². The molecule has 1 aliphatic rings.